The van der Waals surface area contributed by atoms with Gasteiger partial charge in [0.2, 0.25) is 5.91 Å². The molecule has 0 saturated carbocycles. The molecule has 2 amide bonds. The molecule has 3 heterocycles. The molecule has 1 saturated heterocycles. The van der Waals surface area contributed by atoms with Crippen molar-refractivity contribution in [3.8, 4) is 17.0 Å². The summed E-state index contributed by atoms with van der Waals surface area (Å²) in [6.45, 7) is 5.18. The lowest BCUT2D eigenvalue weighted by molar-refractivity contribution is -0.133. The molecule has 4 rings (SSSR count). The number of carbonyl (C=O) groups is 2. The Kier molecular flexibility index (Phi) is 9.69. The van der Waals surface area contributed by atoms with Crippen molar-refractivity contribution in [1.29, 1.82) is 0 Å². The largest absolute Gasteiger partial charge is 0.495 e. The van der Waals surface area contributed by atoms with E-state index in [1.807, 2.05) is 30.0 Å². The van der Waals surface area contributed by atoms with Crippen molar-refractivity contribution in [2.45, 2.75) is 13.5 Å². The van der Waals surface area contributed by atoms with E-state index in [1.54, 1.807) is 43.2 Å². The van der Waals surface area contributed by atoms with Crippen molar-refractivity contribution >= 4 is 35.0 Å². The van der Waals surface area contributed by atoms with Crippen LogP contribution in [-0.4, -0.2) is 83.8 Å². The lowest BCUT2D eigenvalue weighted by Crippen LogP contribution is -2.48. The van der Waals surface area contributed by atoms with Gasteiger partial charge in [-0.05, 0) is 38.2 Å². The molecule has 3 aromatic rings. The van der Waals surface area contributed by atoms with Gasteiger partial charge in [-0.15, -0.1) is 0 Å². The molecule has 1 N–H and O–H groups in total. The van der Waals surface area contributed by atoms with E-state index in [0.717, 1.165) is 37.6 Å². The molecule has 0 radical (unpaired) electrons. The average Bonchev–Trinajstić information content (AvgIpc) is 3.17. The maximum absolute atomic E-state index is 12.6. The SMILES string of the molecule is CNC(=O)c1ccc(-c2nn(CC(=O)N3CCN(C)CC3)c(C)c2Cl)cn1.COc1ccccc1Cl. The summed E-state index contributed by atoms with van der Waals surface area (Å²) in [5, 5.41) is 8.17. The highest BCUT2D eigenvalue weighted by Crippen LogP contribution is 2.29. The second-order valence-corrected chi connectivity index (χ2v) is 9.02. The molecule has 1 fully saturated rings. The van der Waals surface area contributed by atoms with E-state index in [0.29, 0.717) is 27.0 Å². The molecule has 0 unspecified atom stereocenters. The van der Waals surface area contributed by atoms with Crippen molar-refractivity contribution in [2.24, 2.45) is 0 Å². The Morgan fingerprint density at radius 3 is 2.33 bits per heavy atom. The van der Waals surface area contributed by atoms with E-state index in [-0.39, 0.29) is 18.4 Å². The second kappa shape index (κ2) is 12.7. The lowest BCUT2D eigenvalue weighted by atomic mass is 10.2. The third-order valence-corrected chi connectivity index (χ3v) is 6.59. The zero-order chi connectivity index (χ0) is 26.2. The summed E-state index contributed by atoms with van der Waals surface area (Å²) in [7, 11) is 5.20. The maximum atomic E-state index is 12.6. The van der Waals surface area contributed by atoms with Gasteiger partial charge in [0.05, 0.1) is 22.8 Å². The van der Waals surface area contributed by atoms with Crippen LogP contribution >= 0.6 is 23.2 Å². The van der Waals surface area contributed by atoms with Crippen molar-refractivity contribution in [1.82, 2.24) is 29.9 Å². The van der Waals surface area contributed by atoms with Gasteiger partial charge in [-0.1, -0.05) is 35.3 Å². The van der Waals surface area contributed by atoms with Crippen LogP contribution < -0.4 is 10.1 Å². The zero-order valence-corrected chi connectivity index (χ0v) is 22.3. The van der Waals surface area contributed by atoms with Crippen LogP contribution in [-0.2, 0) is 11.3 Å². The molecule has 0 spiro atoms. The van der Waals surface area contributed by atoms with Crippen LogP contribution in [0.15, 0.2) is 42.6 Å². The number of methoxy groups -OCH3 is 1. The number of carbonyl (C=O) groups excluding carboxylic acids is 2. The summed E-state index contributed by atoms with van der Waals surface area (Å²) in [5.74, 6) is 0.497. The van der Waals surface area contributed by atoms with Crippen molar-refractivity contribution in [3.63, 3.8) is 0 Å². The van der Waals surface area contributed by atoms with Crippen LogP contribution in [0.1, 0.15) is 16.2 Å². The van der Waals surface area contributed by atoms with Gasteiger partial charge in [-0.25, -0.2) is 0 Å². The summed E-state index contributed by atoms with van der Waals surface area (Å²) >= 11 is 12.1. The minimum absolute atomic E-state index is 0.0324. The Bertz CT molecular complexity index is 1190. The van der Waals surface area contributed by atoms with E-state index < -0.39 is 0 Å². The van der Waals surface area contributed by atoms with Gasteiger partial charge in [0.25, 0.3) is 5.91 Å². The highest BCUT2D eigenvalue weighted by molar-refractivity contribution is 6.33. The lowest BCUT2D eigenvalue weighted by Gasteiger charge is -2.32. The number of hydrogen-bond acceptors (Lipinski definition) is 6. The molecule has 9 nitrogen and oxygen atoms in total. The zero-order valence-electron chi connectivity index (χ0n) is 20.8. The number of para-hydroxylation sites is 1. The predicted octanol–water partition coefficient (Wildman–Crippen LogP) is 3.39. The van der Waals surface area contributed by atoms with E-state index in [2.05, 4.69) is 27.3 Å². The number of pyridine rings is 1. The van der Waals surface area contributed by atoms with Gasteiger partial charge in [-0.3, -0.25) is 19.3 Å². The van der Waals surface area contributed by atoms with Gasteiger partial charge < -0.3 is 19.9 Å². The molecular weight excluding hydrogens is 503 g/mol. The first kappa shape index (κ1) is 27.4. The molecular formula is C25H30Cl2N6O3. The predicted molar refractivity (Wildman–Crippen MR) is 141 cm³/mol. The first-order chi connectivity index (χ1) is 17.2. The summed E-state index contributed by atoms with van der Waals surface area (Å²) in [5.41, 5.74) is 2.29. The first-order valence-electron chi connectivity index (χ1n) is 11.4. The van der Waals surface area contributed by atoms with Crippen molar-refractivity contribution in [3.05, 3.63) is 64.0 Å². The quantitative estimate of drug-likeness (QED) is 0.541. The number of amides is 2. The highest BCUT2D eigenvalue weighted by atomic mass is 35.5. The molecule has 36 heavy (non-hydrogen) atoms. The smallest absolute Gasteiger partial charge is 0.269 e. The normalized spacial score (nSPS) is 13.6. The van der Waals surface area contributed by atoms with Crippen LogP contribution in [0.5, 0.6) is 5.75 Å². The molecule has 1 aliphatic heterocycles. The third-order valence-electron chi connectivity index (χ3n) is 5.83. The van der Waals surface area contributed by atoms with Gasteiger partial charge in [0.1, 0.15) is 23.7 Å². The third kappa shape index (κ3) is 6.75. The molecule has 0 aliphatic carbocycles. The summed E-state index contributed by atoms with van der Waals surface area (Å²) < 4.78 is 6.54. The van der Waals surface area contributed by atoms with Gasteiger partial charge in [0.15, 0.2) is 0 Å². The molecule has 1 aromatic carbocycles. The first-order valence-corrected chi connectivity index (χ1v) is 12.2. The Morgan fingerprint density at radius 1 is 1.08 bits per heavy atom. The van der Waals surface area contributed by atoms with E-state index in [1.165, 1.54) is 0 Å². The maximum Gasteiger partial charge on any atom is 0.269 e. The Hall–Kier alpha value is -3.14. The van der Waals surface area contributed by atoms with Gasteiger partial charge >= 0.3 is 0 Å². The standard InChI is InChI=1S/C18H23ClN6O2.C7H7ClO/c1-12-16(19)17(13-4-5-14(21-10-13)18(27)20-2)22-25(12)11-15(26)24-8-6-23(3)7-9-24;1-9-7-5-3-2-4-6(7)8/h4-5,10H,6-9,11H2,1-3H3,(H,20,27);2-5H,1H3. The van der Waals surface area contributed by atoms with Gasteiger partial charge in [-0.2, -0.15) is 5.10 Å². The van der Waals surface area contributed by atoms with Crippen LogP contribution in [0.4, 0.5) is 0 Å². The molecule has 192 valence electrons. The van der Waals surface area contributed by atoms with Crippen molar-refractivity contribution < 1.29 is 14.3 Å². The summed E-state index contributed by atoms with van der Waals surface area (Å²) in [6, 6.07) is 10.7. The molecule has 1 aliphatic rings. The number of hydrogen-bond donors (Lipinski definition) is 1. The summed E-state index contributed by atoms with van der Waals surface area (Å²) in [6.07, 6.45) is 1.56. The minimum atomic E-state index is -0.257. The Balaban J connectivity index is 0.000000338. The molecule has 11 heteroatoms. The number of halogens is 2. The molecule has 0 atom stereocenters. The van der Waals surface area contributed by atoms with Crippen molar-refractivity contribution in [2.75, 3.05) is 47.4 Å². The Labute approximate surface area is 220 Å². The number of benzene rings is 1. The number of nitrogens with one attached hydrogen (secondary N) is 1. The van der Waals surface area contributed by atoms with Crippen LogP contribution in [0.25, 0.3) is 11.3 Å². The molecule has 2 aromatic heterocycles. The number of likely N-dealkylation sites (N-methyl/N-ethyl adjacent to an activating group) is 1. The minimum Gasteiger partial charge on any atom is -0.495 e. The number of ether oxygens (including phenoxy) is 1. The van der Waals surface area contributed by atoms with Crippen LogP contribution in [0.3, 0.4) is 0 Å². The number of piperazine rings is 1. The Morgan fingerprint density at radius 2 is 1.78 bits per heavy atom. The summed E-state index contributed by atoms with van der Waals surface area (Å²) in [4.78, 5) is 32.4. The fraction of sp³-hybridized carbons (Fsp3) is 0.360. The monoisotopic (exact) mass is 532 g/mol. The van der Waals surface area contributed by atoms with E-state index in [9.17, 15) is 9.59 Å². The fourth-order valence-corrected chi connectivity index (χ4v) is 4.01. The number of nitrogens with zero attached hydrogens (tertiary/aromatic N) is 5. The average molecular weight is 533 g/mol. The topological polar surface area (TPSA) is 92.6 Å². The van der Waals surface area contributed by atoms with Crippen LogP contribution in [0, 0.1) is 6.92 Å². The highest BCUT2D eigenvalue weighted by Gasteiger charge is 2.22. The fourth-order valence-electron chi connectivity index (χ4n) is 3.55. The van der Waals surface area contributed by atoms with E-state index in [4.69, 9.17) is 27.9 Å². The van der Waals surface area contributed by atoms with Gasteiger partial charge in [0, 0.05) is 45.0 Å². The molecule has 0 bridgehead atoms. The number of aromatic nitrogens is 3. The number of rotatable bonds is 5. The van der Waals surface area contributed by atoms with Crippen LogP contribution in [0.2, 0.25) is 10.0 Å². The van der Waals surface area contributed by atoms with E-state index >= 15 is 0 Å². The second-order valence-electron chi connectivity index (χ2n) is 8.24.